The van der Waals surface area contributed by atoms with Crippen LogP contribution in [0.2, 0.25) is 0 Å². The molecule has 0 radical (unpaired) electrons. The van der Waals surface area contributed by atoms with Gasteiger partial charge in [0.15, 0.2) is 0 Å². The van der Waals surface area contributed by atoms with E-state index in [1.807, 2.05) is 0 Å². The number of hydrogen-bond acceptors (Lipinski definition) is 0. The van der Waals surface area contributed by atoms with E-state index >= 15 is 0 Å². The Labute approximate surface area is 120 Å². The van der Waals surface area contributed by atoms with Crippen LogP contribution in [0.15, 0.2) is 0 Å². The van der Waals surface area contributed by atoms with Crippen LogP contribution < -0.4 is 24.8 Å². The van der Waals surface area contributed by atoms with Crippen molar-refractivity contribution >= 4 is 0 Å². The zero-order chi connectivity index (χ0) is 11.2. The summed E-state index contributed by atoms with van der Waals surface area (Å²) in [5, 5.41) is 0. The van der Waals surface area contributed by atoms with Gasteiger partial charge in [-0.05, 0) is 25.7 Å². The van der Waals surface area contributed by atoms with Crippen LogP contribution in [0.3, 0.4) is 0 Å². The second-order valence-electron chi connectivity index (χ2n) is 6.44. The summed E-state index contributed by atoms with van der Waals surface area (Å²) >= 11 is 0. The molecule has 0 heterocycles. The molecule has 0 bridgehead atoms. The summed E-state index contributed by atoms with van der Waals surface area (Å²) in [4.78, 5) is 0. The van der Waals surface area contributed by atoms with E-state index in [0.717, 1.165) is 8.97 Å². The maximum Gasteiger partial charge on any atom is 0.0780 e. The average molecular weight is 291 g/mol. The molecule has 0 amide bonds. The Morgan fingerprint density at radius 2 is 0.765 bits per heavy atom. The van der Waals surface area contributed by atoms with Crippen LogP contribution in [0.4, 0.5) is 0 Å². The van der Waals surface area contributed by atoms with E-state index in [0.29, 0.717) is 0 Å². The predicted octanol–water partition coefficient (Wildman–Crippen LogP) is -4.86. The maximum absolute atomic E-state index is 2.27. The molecule has 0 spiro atoms. The summed E-state index contributed by atoms with van der Waals surface area (Å²) in [7, 11) is 13.6. The molecule has 0 unspecified atom stereocenters. The van der Waals surface area contributed by atoms with Crippen molar-refractivity contribution in [3.8, 4) is 0 Å². The SMILES string of the molecule is C[N+](C)(C)CCCCCC[N+](C)(C)C.O.[Cl-].[Cl-]. The van der Waals surface area contributed by atoms with E-state index in [1.54, 1.807) is 0 Å². The number of quaternary nitrogens is 2. The Morgan fingerprint density at radius 3 is 0.941 bits per heavy atom. The third-order valence-electron chi connectivity index (χ3n) is 2.41. The number of halogens is 2. The Hall–Kier alpha value is 0.460. The molecule has 0 saturated heterocycles. The second-order valence-corrected chi connectivity index (χ2v) is 6.44. The molecule has 5 heteroatoms. The fraction of sp³-hybridized carbons (Fsp3) is 1.00. The quantitative estimate of drug-likeness (QED) is 0.333. The summed E-state index contributed by atoms with van der Waals surface area (Å²) in [5.41, 5.74) is 0. The highest BCUT2D eigenvalue weighted by molar-refractivity contribution is 4.42. The van der Waals surface area contributed by atoms with Gasteiger partial charge in [0.05, 0.1) is 55.4 Å². The Morgan fingerprint density at radius 1 is 0.529 bits per heavy atom. The van der Waals surface area contributed by atoms with Crippen LogP contribution in [-0.4, -0.2) is 69.8 Å². The second kappa shape index (κ2) is 11.5. The van der Waals surface area contributed by atoms with Gasteiger partial charge in [0.2, 0.25) is 0 Å². The van der Waals surface area contributed by atoms with Gasteiger partial charge in [-0.2, -0.15) is 0 Å². The summed E-state index contributed by atoms with van der Waals surface area (Å²) in [6, 6.07) is 0. The number of rotatable bonds is 7. The van der Waals surface area contributed by atoms with Gasteiger partial charge in [0.25, 0.3) is 0 Å². The van der Waals surface area contributed by atoms with Crippen LogP contribution in [0.1, 0.15) is 25.7 Å². The molecule has 0 aliphatic heterocycles. The molecular weight excluding hydrogens is 259 g/mol. The van der Waals surface area contributed by atoms with Gasteiger partial charge in [-0.1, -0.05) is 0 Å². The fourth-order valence-electron chi connectivity index (χ4n) is 1.53. The van der Waals surface area contributed by atoms with Gasteiger partial charge < -0.3 is 39.3 Å². The Balaban J connectivity index is -0.000000282. The highest BCUT2D eigenvalue weighted by Gasteiger charge is 2.07. The van der Waals surface area contributed by atoms with Crippen LogP contribution in [0.5, 0.6) is 0 Å². The Kier molecular flexibility index (Phi) is 17.7. The maximum atomic E-state index is 2.27. The monoisotopic (exact) mass is 290 g/mol. The molecule has 0 aromatic heterocycles. The molecule has 0 aliphatic rings. The van der Waals surface area contributed by atoms with Crippen molar-refractivity contribution in [1.29, 1.82) is 0 Å². The predicted molar refractivity (Wildman–Crippen MR) is 67.9 cm³/mol. The first kappa shape index (κ1) is 26.1. The summed E-state index contributed by atoms with van der Waals surface area (Å²) in [5.74, 6) is 0. The smallest absolute Gasteiger partial charge is 0.0780 e. The van der Waals surface area contributed by atoms with Crippen molar-refractivity contribution in [3.05, 3.63) is 0 Å². The molecular formula is C12H32Cl2N2O. The molecule has 0 aromatic carbocycles. The van der Waals surface area contributed by atoms with Crippen molar-refractivity contribution < 1.29 is 39.3 Å². The van der Waals surface area contributed by atoms with Crippen molar-refractivity contribution in [2.75, 3.05) is 55.4 Å². The first-order valence-corrected chi connectivity index (χ1v) is 5.82. The largest absolute Gasteiger partial charge is 1.00 e. The lowest BCUT2D eigenvalue weighted by Crippen LogP contribution is -3.00. The van der Waals surface area contributed by atoms with E-state index in [4.69, 9.17) is 0 Å². The highest BCUT2D eigenvalue weighted by atomic mass is 35.5. The van der Waals surface area contributed by atoms with Crippen molar-refractivity contribution in [2.24, 2.45) is 0 Å². The molecule has 110 valence electrons. The average Bonchev–Trinajstić information content (AvgIpc) is 1.92. The van der Waals surface area contributed by atoms with Crippen LogP contribution in [0.25, 0.3) is 0 Å². The summed E-state index contributed by atoms with van der Waals surface area (Å²) < 4.78 is 2.21. The van der Waals surface area contributed by atoms with Gasteiger partial charge in [-0.25, -0.2) is 0 Å². The van der Waals surface area contributed by atoms with Crippen molar-refractivity contribution in [3.63, 3.8) is 0 Å². The molecule has 0 fully saturated rings. The minimum Gasteiger partial charge on any atom is -1.00 e. The van der Waals surface area contributed by atoms with Crippen LogP contribution >= 0.6 is 0 Å². The van der Waals surface area contributed by atoms with E-state index in [9.17, 15) is 0 Å². The van der Waals surface area contributed by atoms with Crippen molar-refractivity contribution in [2.45, 2.75) is 25.7 Å². The minimum atomic E-state index is 0. The zero-order valence-electron chi connectivity index (χ0n) is 12.4. The molecule has 0 aromatic rings. The normalized spacial score (nSPS) is 10.9. The lowest BCUT2D eigenvalue weighted by atomic mass is 10.1. The molecule has 0 rings (SSSR count). The molecule has 0 atom stereocenters. The lowest BCUT2D eigenvalue weighted by Gasteiger charge is -2.25. The molecule has 0 aliphatic carbocycles. The molecule has 3 nitrogen and oxygen atoms in total. The lowest BCUT2D eigenvalue weighted by molar-refractivity contribution is -0.871. The third kappa shape index (κ3) is 26.2. The first-order valence-electron chi connectivity index (χ1n) is 5.82. The number of nitrogens with zero attached hydrogens (tertiary/aromatic N) is 2. The summed E-state index contributed by atoms with van der Waals surface area (Å²) in [6.45, 7) is 2.62. The van der Waals surface area contributed by atoms with E-state index in [-0.39, 0.29) is 30.3 Å². The van der Waals surface area contributed by atoms with Gasteiger partial charge in [-0.15, -0.1) is 0 Å². The zero-order valence-corrected chi connectivity index (χ0v) is 13.9. The first-order chi connectivity index (χ1) is 6.21. The number of hydrogen-bond donors (Lipinski definition) is 0. The van der Waals surface area contributed by atoms with Gasteiger partial charge in [0, 0.05) is 0 Å². The van der Waals surface area contributed by atoms with Crippen LogP contribution in [-0.2, 0) is 0 Å². The molecule has 0 saturated carbocycles. The van der Waals surface area contributed by atoms with E-state index < -0.39 is 0 Å². The molecule has 2 N–H and O–H groups in total. The molecule has 17 heavy (non-hydrogen) atoms. The fourth-order valence-corrected chi connectivity index (χ4v) is 1.53. The van der Waals surface area contributed by atoms with Gasteiger partial charge in [0.1, 0.15) is 0 Å². The highest BCUT2D eigenvalue weighted by Crippen LogP contribution is 2.05. The minimum absolute atomic E-state index is 0. The van der Waals surface area contributed by atoms with E-state index in [1.165, 1.54) is 38.8 Å². The topological polar surface area (TPSA) is 31.5 Å². The van der Waals surface area contributed by atoms with E-state index in [2.05, 4.69) is 42.3 Å². The summed E-state index contributed by atoms with van der Waals surface area (Å²) in [6.07, 6.45) is 5.55. The van der Waals surface area contributed by atoms with Crippen molar-refractivity contribution in [1.82, 2.24) is 0 Å². The standard InChI is InChI=1S/C12H30N2.2ClH.H2O/c1-13(2,3)11-9-7-8-10-12-14(4,5)6;;;/h7-12H2,1-6H3;2*1H;1H2/q+2;;;/p-2. The number of unbranched alkanes of at least 4 members (excludes halogenated alkanes) is 3. The van der Waals surface area contributed by atoms with Gasteiger partial charge >= 0.3 is 0 Å². The Bertz CT molecular complexity index is 136. The van der Waals surface area contributed by atoms with Crippen LogP contribution in [0, 0.1) is 0 Å². The van der Waals surface area contributed by atoms with Gasteiger partial charge in [-0.3, -0.25) is 0 Å². The third-order valence-corrected chi connectivity index (χ3v) is 2.41.